The van der Waals surface area contributed by atoms with Crippen LogP contribution in [0.15, 0.2) is 367 Å². The standard InChI is InChI=1S/C39H29NO.C35H27NS.C30H19NOS/c1-39(2)32-17-9-6-15-29(32)30-21-20-26(24-33(30)39)27-14-7-10-18-34(27)40-35-23-22-28(25-12-4-3-5-13-25)38-37(35)31-16-8-11-19-36(31)41-38;1-35(2)19-18-26-20-27(16-17-32(26)35)36-28-21-30(34-31(22-28)29-10-6-7-11-33(29)37-34)25-14-12-24(13-15-25)23-8-4-3-5-9-23;1-2-9-19(10-3-1)31-20-17-25-22-12-5-7-16-28(22)33-30(25)26(18-20)24-14-8-13-23-21-11-4-6-15-27(21)32-29(23)24/h3-24,40H,1-2H3;3-22,36H,1-2H3;1-18,31H. The molecule has 0 bridgehead atoms. The molecule has 0 unspecified atom stereocenters. The highest BCUT2D eigenvalue weighted by Crippen LogP contribution is 2.52. The lowest BCUT2D eigenvalue weighted by molar-refractivity contribution is 0.660. The topological polar surface area (TPSA) is 62.4 Å². The van der Waals surface area contributed by atoms with Crippen LogP contribution in [0.1, 0.15) is 49.9 Å². The number of hydrogen-bond acceptors (Lipinski definition) is 7. The summed E-state index contributed by atoms with van der Waals surface area (Å²) in [6.45, 7) is 9.21. The first-order valence-electron chi connectivity index (χ1n) is 38.0. The second kappa shape index (κ2) is 27.4. The number of allylic oxidation sites excluding steroid dienone is 1. The summed E-state index contributed by atoms with van der Waals surface area (Å²) in [6, 6.07) is 125. The van der Waals surface area contributed by atoms with Crippen LogP contribution in [0, 0.1) is 0 Å². The highest BCUT2D eigenvalue weighted by Gasteiger charge is 2.36. The summed E-state index contributed by atoms with van der Waals surface area (Å²) in [5.74, 6) is 0. The van der Waals surface area contributed by atoms with Crippen LogP contribution in [-0.4, -0.2) is 0 Å². The zero-order chi connectivity index (χ0) is 74.3. The normalized spacial score (nSPS) is 13.0. The van der Waals surface area contributed by atoms with E-state index in [0.29, 0.717) is 0 Å². The Morgan fingerprint density at radius 1 is 0.270 bits per heavy atom. The van der Waals surface area contributed by atoms with Crippen molar-refractivity contribution in [2.75, 3.05) is 16.0 Å². The van der Waals surface area contributed by atoms with Gasteiger partial charge in [0.1, 0.15) is 22.3 Å². The van der Waals surface area contributed by atoms with Gasteiger partial charge >= 0.3 is 0 Å². The Balaban J connectivity index is 0.000000109. The molecule has 4 heterocycles. The summed E-state index contributed by atoms with van der Waals surface area (Å²) in [5, 5.41) is 20.8. The van der Waals surface area contributed by atoms with Crippen LogP contribution in [0.25, 0.3) is 157 Å². The van der Waals surface area contributed by atoms with E-state index in [9.17, 15) is 0 Å². The molecule has 0 atom stereocenters. The van der Waals surface area contributed by atoms with Gasteiger partial charge in [-0.05, 0) is 158 Å². The summed E-state index contributed by atoms with van der Waals surface area (Å²) < 4.78 is 18.1. The average Bonchev–Trinajstić information content (AvgIpc) is 1.58. The van der Waals surface area contributed by atoms with Gasteiger partial charge in [0, 0.05) is 124 Å². The Labute approximate surface area is 652 Å². The number of rotatable bonds is 11. The van der Waals surface area contributed by atoms with Crippen LogP contribution >= 0.6 is 22.7 Å². The number of thiophene rings is 2. The summed E-state index contributed by atoms with van der Waals surface area (Å²) in [7, 11) is 0. The molecule has 0 radical (unpaired) electrons. The molecule has 16 aromatic carbocycles. The molecule has 7 heteroatoms. The van der Waals surface area contributed by atoms with Gasteiger partial charge in [0.05, 0.1) is 11.1 Å². The maximum absolute atomic E-state index is 6.50. The molecule has 20 aromatic rings. The molecule has 0 spiro atoms. The molecule has 0 saturated heterocycles. The number of para-hydroxylation sites is 5. The van der Waals surface area contributed by atoms with Gasteiger partial charge in [0.2, 0.25) is 0 Å². The summed E-state index contributed by atoms with van der Waals surface area (Å²) >= 11 is 3.72. The van der Waals surface area contributed by atoms with Gasteiger partial charge in [0.15, 0.2) is 0 Å². The quantitative estimate of drug-likeness (QED) is 0.120. The first-order chi connectivity index (χ1) is 54.5. The van der Waals surface area contributed by atoms with Crippen molar-refractivity contribution in [1.29, 1.82) is 0 Å². The van der Waals surface area contributed by atoms with Gasteiger partial charge in [-0.2, -0.15) is 0 Å². The maximum atomic E-state index is 6.50. The number of fused-ring (bicyclic) bond motifs is 16. The number of hydrogen-bond donors (Lipinski definition) is 3. The average molecular weight is 1460 g/mol. The molecule has 530 valence electrons. The van der Waals surface area contributed by atoms with Gasteiger partial charge in [0.25, 0.3) is 0 Å². The molecule has 3 N–H and O–H groups in total. The minimum Gasteiger partial charge on any atom is -0.455 e. The van der Waals surface area contributed by atoms with Crippen molar-refractivity contribution in [3.05, 3.63) is 380 Å². The van der Waals surface area contributed by atoms with Gasteiger partial charge in [-0.15, -0.1) is 22.7 Å². The minimum absolute atomic E-state index is 0.0422. The van der Waals surface area contributed by atoms with Crippen molar-refractivity contribution >= 4 is 147 Å². The minimum atomic E-state index is -0.0422. The van der Waals surface area contributed by atoms with Gasteiger partial charge in [-0.3, -0.25) is 0 Å². The summed E-state index contributed by atoms with van der Waals surface area (Å²) in [6.07, 6.45) is 4.54. The highest BCUT2D eigenvalue weighted by atomic mass is 32.1. The maximum Gasteiger partial charge on any atom is 0.145 e. The van der Waals surface area contributed by atoms with E-state index in [1.165, 1.54) is 113 Å². The lowest BCUT2D eigenvalue weighted by Crippen LogP contribution is -2.14. The molecular weight excluding hydrogens is 1390 g/mol. The molecule has 0 amide bonds. The predicted octanol–water partition coefficient (Wildman–Crippen LogP) is 30.8. The van der Waals surface area contributed by atoms with Crippen LogP contribution < -0.4 is 16.0 Å². The third-order valence-electron chi connectivity index (χ3n) is 22.4. The molecule has 0 fully saturated rings. The van der Waals surface area contributed by atoms with Crippen LogP contribution in [0.2, 0.25) is 0 Å². The van der Waals surface area contributed by atoms with E-state index in [-0.39, 0.29) is 10.8 Å². The van der Waals surface area contributed by atoms with E-state index in [1.54, 1.807) is 0 Å². The Morgan fingerprint density at radius 3 is 1.51 bits per heavy atom. The monoisotopic (exact) mass is 1460 g/mol. The number of nitrogens with one attached hydrogen (secondary N) is 3. The van der Waals surface area contributed by atoms with E-state index < -0.39 is 0 Å². The van der Waals surface area contributed by atoms with Crippen molar-refractivity contribution in [3.63, 3.8) is 0 Å². The summed E-state index contributed by atoms with van der Waals surface area (Å²) in [5.41, 5.74) is 30.2. The highest BCUT2D eigenvalue weighted by molar-refractivity contribution is 7.26. The smallest absolute Gasteiger partial charge is 0.145 e. The van der Waals surface area contributed by atoms with Gasteiger partial charge < -0.3 is 24.8 Å². The van der Waals surface area contributed by atoms with Crippen molar-refractivity contribution in [1.82, 2.24) is 0 Å². The van der Waals surface area contributed by atoms with Crippen LogP contribution in [0.4, 0.5) is 34.1 Å². The molecule has 2 aliphatic rings. The van der Waals surface area contributed by atoms with Gasteiger partial charge in [-0.1, -0.05) is 295 Å². The second-order valence-electron chi connectivity index (χ2n) is 30.1. The molecule has 5 nitrogen and oxygen atoms in total. The molecule has 0 aliphatic heterocycles. The Bertz CT molecular complexity index is 7040. The van der Waals surface area contributed by atoms with E-state index >= 15 is 0 Å². The molecule has 22 rings (SSSR count). The zero-order valence-corrected chi connectivity index (χ0v) is 63.4. The SMILES string of the molecule is CC1(C)C=Cc2cc(Nc3cc(-c4ccc(-c5ccccc5)cc4)c4sc5ccccc5c4c3)ccc21.CC1(C)c2ccccc2-c2ccc(-c3ccccc3Nc3ccc(-c4ccccc4)c4oc5ccccc5c34)cc21.c1ccc(Nc2cc(-c3cccc4c3oc3ccccc34)c3sc4ccccc4c3c2)cc1. The predicted molar refractivity (Wildman–Crippen MR) is 476 cm³/mol. The molecule has 4 aromatic heterocycles. The van der Waals surface area contributed by atoms with Crippen LogP contribution in [0.5, 0.6) is 0 Å². The van der Waals surface area contributed by atoms with Crippen molar-refractivity contribution in [2.45, 2.75) is 38.5 Å². The Morgan fingerprint density at radius 2 is 0.784 bits per heavy atom. The fourth-order valence-corrected chi connectivity index (χ4v) is 19.3. The molecular formula is C104H75N3O2S2. The Kier molecular flexibility index (Phi) is 16.6. The van der Waals surface area contributed by atoms with Gasteiger partial charge in [-0.25, -0.2) is 0 Å². The fourth-order valence-electron chi connectivity index (χ4n) is 16.9. The number of anilines is 6. The van der Waals surface area contributed by atoms with Crippen LogP contribution in [0.3, 0.4) is 0 Å². The number of furan rings is 2. The second-order valence-corrected chi connectivity index (χ2v) is 32.2. The van der Waals surface area contributed by atoms with Crippen molar-refractivity contribution in [2.24, 2.45) is 0 Å². The van der Waals surface area contributed by atoms with E-state index in [4.69, 9.17) is 8.83 Å². The van der Waals surface area contributed by atoms with Crippen molar-refractivity contribution < 1.29 is 8.83 Å². The van der Waals surface area contributed by atoms with E-state index in [1.807, 2.05) is 59.1 Å². The fraction of sp³-hybridized carbons (Fsp3) is 0.0577. The molecule has 2 aliphatic carbocycles. The lowest BCUT2D eigenvalue weighted by Gasteiger charge is -2.22. The third-order valence-corrected chi connectivity index (χ3v) is 24.9. The summed E-state index contributed by atoms with van der Waals surface area (Å²) in [4.78, 5) is 0. The van der Waals surface area contributed by atoms with E-state index in [2.05, 4.69) is 371 Å². The molecule has 0 saturated carbocycles. The molecule has 111 heavy (non-hydrogen) atoms. The number of benzene rings is 16. The van der Waals surface area contributed by atoms with Crippen molar-refractivity contribution in [3.8, 4) is 66.8 Å². The third kappa shape index (κ3) is 12.1. The first kappa shape index (κ1) is 67.1. The van der Waals surface area contributed by atoms with E-state index in [0.717, 1.165) is 94.7 Å². The Hall–Kier alpha value is -13.3. The lowest BCUT2D eigenvalue weighted by atomic mass is 9.81. The zero-order valence-electron chi connectivity index (χ0n) is 61.8. The van der Waals surface area contributed by atoms with Crippen LogP contribution in [-0.2, 0) is 10.8 Å². The largest absolute Gasteiger partial charge is 0.455 e. The first-order valence-corrected chi connectivity index (χ1v) is 39.6.